The maximum atomic E-state index is 6.11. The van der Waals surface area contributed by atoms with Crippen LogP contribution in [0.3, 0.4) is 0 Å². The highest BCUT2D eigenvalue weighted by Gasteiger charge is 2.41. The second kappa shape index (κ2) is 14.3. The number of ether oxygens (including phenoxy) is 2. The molecule has 8 heteroatoms. The summed E-state index contributed by atoms with van der Waals surface area (Å²) in [7, 11) is 1.73. The Hall–Kier alpha value is -3.46. The number of imidazole rings is 1. The number of aryl methyl sites for hydroxylation is 1. The van der Waals surface area contributed by atoms with Gasteiger partial charge in [-0.05, 0) is 76.0 Å². The lowest BCUT2D eigenvalue weighted by Gasteiger charge is -2.33. The van der Waals surface area contributed by atoms with Crippen LogP contribution in [-0.2, 0) is 16.7 Å². The van der Waals surface area contributed by atoms with Gasteiger partial charge in [0.2, 0.25) is 5.95 Å². The molecule has 3 aromatic carbocycles. The number of fused-ring (bicyclic) bond motifs is 1. The summed E-state index contributed by atoms with van der Waals surface area (Å²) in [5, 5.41) is 0. The third kappa shape index (κ3) is 6.88. The molecule has 0 spiro atoms. The second-order valence-corrected chi connectivity index (χ2v) is 12.9. The van der Waals surface area contributed by atoms with Crippen molar-refractivity contribution in [2.75, 3.05) is 71.0 Å². The number of para-hydroxylation sites is 2. The van der Waals surface area contributed by atoms with E-state index in [1.807, 2.05) is 6.07 Å². The zero-order valence-electron chi connectivity index (χ0n) is 27.1. The molecule has 2 aliphatic heterocycles. The lowest BCUT2D eigenvalue weighted by molar-refractivity contribution is 0.140. The average molecular weight is 626 g/mol. The quantitative estimate of drug-likeness (QED) is 0.143. The Labute approximate surface area is 273 Å². The van der Waals surface area contributed by atoms with Crippen molar-refractivity contribution in [2.24, 2.45) is 0 Å². The first-order valence-corrected chi connectivity index (χ1v) is 16.9. The van der Waals surface area contributed by atoms with E-state index < -0.39 is 0 Å². The SMILES string of the molecule is CCOCCn1c(N2CCCN(CCC3(c4ccccc4)CCN(C(=S)c4cc(C)ccc4OC)C3)CC2)nc2ccccc21. The highest BCUT2D eigenvalue weighted by Crippen LogP contribution is 2.39. The first kappa shape index (κ1) is 31.5. The van der Waals surface area contributed by atoms with E-state index in [0.29, 0.717) is 6.61 Å². The number of hydrogen-bond acceptors (Lipinski definition) is 6. The standard InChI is InChI=1S/C37H47N5O2S/c1-4-44-26-25-42-33-14-9-8-13-32(33)38-36(42)40-20-10-19-39(23-24-40)21-17-37(30-11-6-5-7-12-30)18-22-41(28-37)35(45)31-27-29(2)15-16-34(31)43-3/h5-9,11-16,27H,4,10,17-26,28H2,1-3H3. The minimum Gasteiger partial charge on any atom is -0.496 e. The molecule has 45 heavy (non-hydrogen) atoms. The number of nitrogens with zero attached hydrogens (tertiary/aromatic N) is 5. The normalized spacial score (nSPS) is 19.3. The van der Waals surface area contributed by atoms with Crippen LogP contribution in [0.15, 0.2) is 72.8 Å². The summed E-state index contributed by atoms with van der Waals surface area (Å²) in [6, 6.07) is 25.9. The monoisotopic (exact) mass is 625 g/mol. The molecule has 0 N–H and O–H groups in total. The van der Waals surface area contributed by atoms with Gasteiger partial charge in [-0.3, -0.25) is 0 Å². The molecule has 238 valence electrons. The molecule has 0 saturated carbocycles. The van der Waals surface area contributed by atoms with Gasteiger partial charge in [0.05, 0.1) is 30.3 Å². The van der Waals surface area contributed by atoms with Gasteiger partial charge in [-0.2, -0.15) is 0 Å². The van der Waals surface area contributed by atoms with E-state index in [1.165, 1.54) is 16.6 Å². The number of aromatic nitrogens is 2. The van der Waals surface area contributed by atoms with Crippen molar-refractivity contribution in [3.63, 3.8) is 0 Å². The Kier molecular flexibility index (Phi) is 10.0. The van der Waals surface area contributed by atoms with Crippen molar-refractivity contribution in [3.05, 3.63) is 89.5 Å². The van der Waals surface area contributed by atoms with Crippen LogP contribution in [0, 0.1) is 6.92 Å². The Bertz CT molecular complexity index is 1590. The summed E-state index contributed by atoms with van der Waals surface area (Å²) >= 11 is 6.11. The first-order valence-electron chi connectivity index (χ1n) is 16.5. The van der Waals surface area contributed by atoms with E-state index in [1.54, 1.807) is 7.11 Å². The summed E-state index contributed by atoms with van der Waals surface area (Å²) in [6.45, 7) is 13.5. The molecule has 1 unspecified atom stereocenters. The zero-order valence-corrected chi connectivity index (χ0v) is 27.9. The number of anilines is 1. The molecule has 4 aromatic rings. The van der Waals surface area contributed by atoms with Crippen LogP contribution in [0.2, 0.25) is 0 Å². The maximum Gasteiger partial charge on any atom is 0.206 e. The number of thiocarbonyl (C=S) groups is 1. The van der Waals surface area contributed by atoms with Crippen molar-refractivity contribution in [3.8, 4) is 5.75 Å². The average Bonchev–Trinajstić information content (AvgIpc) is 3.59. The van der Waals surface area contributed by atoms with Gasteiger partial charge < -0.3 is 28.7 Å². The number of benzene rings is 3. The first-order chi connectivity index (χ1) is 22.0. The van der Waals surface area contributed by atoms with Crippen LogP contribution in [0.5, 0.6) is 5.75 Å². The Morgan fingerprint density at radius 2 is 1.76 bits per heavy atom. The molecule has 3 heterocycles. The zero-order chi connectivity index (χ0) is 31.2. The van der Waals surface area contributed by atoms with Gasteiger partial charge in [-0.15, -0.1) is 0 Å². The van der Waals surface area contributed by atoms with Crippen LogP contribution < -0.4 is 9.64 Å². The van der Waals surface area contributed by atoms with Gasteiger partial charge in [-0.1, -0.05) is 66.3 Å². The largest absolute Gasteiger partial charge is 0.496 e. The molecule has 2 saturated heterocycles. The Morgan fingerprint density at radius 1 is 0.933 bits per heavy atom. The van der Waals surface area contributed by atoms with Crippen molar-refractivity contribution < 1.29 is 9.47 Å². The maximum absolute atomic E-state index is 6.11. The predicted molar refractivity (Wildman–Crippen MR) is 188 cm³/mol. The summed E-state index contributed by atoms with van der Waals surface area (Å²) in [5.74, 6) is 1.92. The lowest BCUT2D eigenvalue weighted by Crippen LogP contribution is -2.39. The molecule has 6 rings (SSSR count). The highest BCUT2D eigenvalue weighted by atomic mass is 32.1. The number of rotatable bonds is 11. The van der Waals surface area contributed by atoms with Gasteiger partial charge in [0.15, 0.2) is 0 Å². The fourth-order valence-corrected chi connectivity index (χ4v) is 7.49. The molecule has 0 aliphatic carbocycles. The summed E-state index contributed by atoms with van der Waals surface area (Å²) < 4.78 is 13.8. The fourth-order valence-electron chi connectivity index (χ4n) is 7.17. The summed E-state index contributed by atoms with van der Waals surface area (Å²) in [4.78, 5) is 13.6. The Morgan fingerprint density at radius 3 is 2.58 bits per heavy atom. The minimum absolute atomic E-state index is 0.0572. The molecular weight excluding hydrogens is 579 g/mol. The topological polar surface area (TPSA) is 46.0 Å². The van der Waals surface area contributed by atoms with Crippen LogP contribution in [0.4, 0.5) is 5.95 Å². The van der Waals surface area contributed by atoms with Crippen molar-refractivity contribution in [2.45, 2.75) is 45.1 Å². The summed E-state index contributed by atoms with van der Waals surface area (Å²) in [5.41, 5.74) is 5.94. The molecule has 1 aromatic heterocycles. The van der Waals surface area contributed by atoms with E-state index in [-0.39, 0.29) is 5.41 Å². The molecule has 0 radical (unpaired) electrons. The van der Waals surface area contributed by atoms with Gasteiger partial charge in [0.25, 0.3) is 0 Å². The van der Waals surface area contributed by atoms with Gasteiger partial charge in [0.1, 0.15) is 10.7 Å². The third-order valence-electron chi connectivity index (χ3n) is 9.69. The molecule has 2 aliphatic rings. The molecule has 0 bridgehead atoms. The fraction of sp³-hybridized carbons (Fsp3) is 0.459. The van der Waals surface area contributed by atoms with E-state index in [2.05, 4.69) is 99.8 Å². The molecule has 2 fully saturated rings. The van der Waals surface area contributed by atoms with Crippen LogP contribution >= 0.6 is 12.2 Å². The van der Waals surface area contributed by atoms with Crippen LogP contribution in [0.1, 0.15) is 42.9 Å². The third-order valence-corrected chi connectivity index (χ3v) is 10.2. The lowest BCUT2D eigenvalue weighted by atomic mass is 9.76. The molecule has 1 atom stereocenters. The second-order valence-electron chi connectivity index (χ2n) is 12.5. The van der Waals surface area contributed by atoms with Gasteiger partial charge >= 0.3 is 0 Å². The van der Waals surface area contributed by atoms with Crippen molar-refractivity contribution >= 4 is 34.2 Å². The minimum atomic E-state index is 0.0572. The number of methoxy groups -OCH3 is 1. The predicted octanol–water partition coefficient (Wildman–Crippen LogP) is 6.31. The van der Waals surface area contributed by atoms with Crippen molar-refractivity contribution in [1.82, 2.24) is 19.4 Å². The van der Waals surface area contributed by atoms with E-state index in [4.69, 9.17) is 26.7 Å². The van der Waals surface area contributed by atoms with E-state index in [0.717, 1.165) is 106 Å². The van der Waals surface area contributed by atoms with Crippen LogP contribution in [0.25, 0.3) is 11.0 Å². The van der Waals surface area contributed by atoms with Gasteiger partial charge in [-0.25, -0.2) is 4.98 Å². The molecule has 0 amide bonds. The molecular formula is C37H47N5O2S. The van der Waals surface area contributed by atoms with Crippen LogP contribution in [-0.4, -0.2) is 90.5 Å². The molecule has 7 nitrogen and oxygen atoms in total. The van der Waals surface area contributed by atoms with E-state index in [9.17, 15) is 0 Å². The van der Waals surface area contributed by atoms with Gasteiger partial charge in [0, 0.05) is 51.3 Å². The smallest absolute Gasteiger partial charge is 0.206 e. The Balaban J connectivity index is 1.16. The number of hydrogen-bond donors (Lipinski definition) is 0. The number of likely N-dealkylation sites (tertiary alicyclic amines) is 1. The van der Waals surface area contributed by atoms with Crippen molar-refractivity contribution in [1.29, 1.82) is 0 Å². The van der Waals surface area contributed by atoms with E-state index >= 15 is 0 Å². The summed E-state index contributed by atoms with van der Waals surface area (Å²) in [6.07, 6.45) is 3.32. The highest BCUT2D eigenvalue weighted by molar-refractivity contribution is 7.80.